The highest BCUT2D eigenvalue weighted by molar-refractivity contribution is 6.33. The molecule has 3 rings (SSSR count). The molecule has 28 heavy (non-hydrogen) atoms. The Morgan fingerprint density at radius 1 is 0.964 bits per heavy atom. The van der Waals surface area contributed by atoms with Crippen molar-refractivity contribution in [2.24, 2.45) is 0 Å². The Bertz CT molecular complexity index is 1080. The molecule has 0 aliphatic carbocycles. The number of halogens is 2. The van der Waals surface area contributed by atoms with Crippen molar-refractivity contribution >= 4 is 34.7 Å². The average molecular weight is 399 g/mol. The number of hydrogen-bond donors (Lipinski definition) is 1. The van der Waals surface area contributed by atoms with E-state index < -0.39 is 28.1 Å². The molecule has 0 atom stereocenters. The molecule has 1 N–H and O–H groups in total. The fourth-order valence-electron chi connectivity index (χ4n) is 2.56. The lowest BCUT2D eigenvalue weighted by Crippen LogP contribution is -2.17. The van der Waals surface area contributed by atoms with Crippen molar-refractivity contribution in [1.82, 2.24) is 0 Å². The quantitative estimate of drug-likeness (QED) is 0.377. The maximum absolute atomic E-state index is 13.0. The maximum Gasteiger partial charge on any atom is 0.288 e. The van der Waals surface area contributed by atoms with E-state index in [-0.39, 0.29) is 21.7 Å². The molecule has 8 heteroatoms. The molecule has 6 nitrogen and oxygen atoms in total. The first-order valence-corrected chi connectivity index (χ1v) is 8.39. The van der Waals surface area contributed by atoms with Crippen molar-refractivity contribution in [2.75, 3.05) is 5.32 Å². The predicted molar refractivity (Wildman–Crippen MR) is 102 cm³/mol. The Balaban J connectivity index is 1.94. The van der Waals surface area contributed by atoms with Crippen molar-refractivity contribution < 1.29 is 18.9 Å². The standard InChI is InChI=1S/C20H12ClFN2O4/c21-17-10-5-12(11-18(17)24(27)28)19(25)15-3-1-2-4-16(15)20(26)23-14-8-6-13(22)7-9-14/h1-11H,(H,23,26). The van der Waals surface area contributed by atoms with E-state index in [0.717, 1.165) is 6.07 Å². The number of carbonyl (C=O) groups is 2. The van der Waals surface area contributed by atoms with E-state index >= 15 is 0 Å². The van der Waals surface area contributed by atoms with Crippen molar-refractivity contribution in [2.45, 2.75) is 0 Å². The van der Waals surface area contributed by atoms with Gasteiger partial charge in [0.1, 0.15) is 10.8 Å². The lowest BCUT2D eigenvalue weighted by molar-refractivity contribution is -0.384. The third kappa shape index (κ3) is 4.05. The van der Waals surface area contributed by atoms with Crippen molar-refractivity contribution in [3.63, 3.8) is 0 Å². The fraction of sp³-hybridized carbons (Fsp3) is 0. The number of nitro groups is 1. The first kappa shape index (κ1) is 19.2. The number of ketones is 1. The Morgan fingerprint density at radius 3 is 2.25 bits per heavy atom. The third-order valence-corrected chi connectivity index (χ3v) is 4.24. The number of nitrogens with zero attached hydrogens (tertiary/aromatic N) is 1. The molecule has 3 aromatic rings. The van der Waals surface area contributed by atoms with Crippen molar-refractivity contribution in [3.8, 4) is 0 Å². The normalized spacial score (nSPS) is 10.4. The summed E-state index contributed by atoms with van der Waals surface area (Å²) in [5, 5.41) is 13.5. The summed E-state index contributed by atoms with van der Waals surface area (Å²) >= 11 is 5.78. The van der Waals surface area contributed by atoms with Gasteiger partial charge in [-0.15, -0.1) is 0 Å². The molecule has 0 unspecified atom stereocenters. The van der Waals surface area contributed by atoms with Gasteiger partial charge in [0.05, 0.1) is 10.5 Å². The molecule has 0 aliphatic rings. The van der Waals surface area contributed by atoms with Crippen molar-refractivity contribution in [3.05, 3.63) is 104 Å². The Hall–Kier alpha value is -3.58. The van der Waals surface area contributed by atoms with Crippen LogP contribution in [0.3, 0.4) is 0 Å². The van der Waals surface area contributed by atoms with Crippen LogP contribution < -0.4 is 5.32 Å². The van der Waals surface area contributed by atoms with Gasteiger partial charge >= 0.3 is 0 Å². The molecule has 0 saturated heterocycles. The number of hydrogen-bond acceptors (Lipinski definition) is 4. The van der Waals surface area contributed by atoms with Gasteiger partial charge in [0.25, 0.3) is 11.6 Å². The van der Waals surface area contributed by atoms with E-state index in [1.54, 1.807) is 12.1 Å². The fourth-order valence-corrected chi connectivity index (χ4v) is 2.75. The number of anilines is 1. The zero-order valence-electron chi connectivity index (χ0n) is 14.2. The Labute approximate surface area is 163 Å². The van der Waals surface area contributed by atoms with E-state index in [2.05, 4.69) is 5.32 Å². The minimum atomic E-state index is -0.688. The van der Waals surface area contributed by atoms with Crippen LogP contribution in [0, 0.1) is 15.9 Å². The first-order valence-electron chi connectivity index (χ1n) is 8.01. The topological polar surface area (TPSA) is 89.3 Å². The largest absolute Gasteiger partial charge is 0.322 e. The molecule has 0 saturated carbocycles. The first-order chi connectivity index (χ1) is 13.4. The summed E-state index contributed by atoms with van der Waals surface area (Å²) in [6.45, 7) is 0. The second-order valence-electron chi connectivity index (χ2n) is 5.76. The number of rotatable bonds is 5. The smallest absolute Gasteiger partial charge is 0.288 e. The van der Waals surface area contributed by atoms with Gasteiger partial charge in [0, 0.05) is 22.9 Å². The SMILES string of the molecule is O=C(Nc1ccc(F)cc1)c1ccccc1C(=O)c1ccc(Cl)c([N+](=O)[O-])c1. The molecule has 140 valence electrons. The Kier molecular flexibility index (Phi) is 5.47. The molecule has 0 radical (unpaired) electrons. The molecule has 0 spiro atoms. The molecular formula is C20H12ClFN2O4. The summed E-state index contributed by atoms with van der Waals surface area (Å²) in [5.41, 5.74) is 0.128. The average Bonchev–Trinajstić information content (AvgIpc) is 2.69. The van der Waals surface area contributed by atoms with Gasteiger partial charge in [-0.05, 0) is 42.5 Å². The monoisotopic (exact) mass is 398 g/mol. The molecule has 0 fully saturated rings. The van der Waals surface area contributed by atoms with Gasteiger partial charge in [-0.2, -0.15) is 0 Å². The van der Waals surface area contributed by atoms with Gasteiger partial charge in [0.15, 0.2) is 5.78 Å². The zero-order valence-corrected chi connectivity index (χ0v) is 14.9. The molecule has 0 bridgehead atoms. The molecule has 0 aliphatic heterocycles. The maximum atomic E-state index is 13.0. The highest BCUT2D eigenvalue weighted by Crippen LogP contribution is 2.27. The molecular weight excluding hydrogens is 387 g/mol. The number of carbonyl (C=O) groups excluding carboxylic acids is 2. The molecule has 3 aromatic carbocycles. The van der Waals surface area contributed by atoms with Crippen LogP contribution in [0.5, 0.6) is 0 Å². The van der Waals surface area contributed by atoms with Gasteiger partial charge < -0.3 is 5.32 Å². The van der Waals surface area contributed by atoms with E-state index in [1.165, 1.54) is 48.5 Å². The highest BCUT2D eigenvalue weighted by Gasteiger charge is 2.21. The van der Waals surface area contributed by atoms with Crippen LogP contribution in [-0.4, -0.2) is 16.6 Å². The van der Waals surface area contributed by atoms with E-state index in [4.69, 9.17) is 11.6 Å². The number of benzene rings is 3. The Morgan fingerprint density at radius 2 is 1.61 bits per heavy atom. The van der Waals surface area contributed by atoms with Crippen LogP contribution in [0.25, 0.3) is 0 Å². The number of amides is 1. The van der Waals surface area contributed by atoms with Crippen molar-refractivity contribution in [1.29, 1.82) is 0 Å². The molecule has 0 heterocycles. The second kappa shape index (κ2) is 7.98. The summed E-state index contributed by atoms with van der Waals surface area (Å²) in [6, 6.07) is 14.9. The lowest BCUT2D eigenvalue weighted by atomic mass is 9.97. The van der Waals surface area contributed by atoms with E-state index in [9.17, 15) is 24.1 Å². The summed E-state index contributed by atoms with van der Waals surface area (Å²) in [4.78, 5) is 35.8. The summed E-state index contributed by atoms with van der Waals surface area (Å²) in [5.74, 6) is -1.58. The minimum Gasteiger partial charge on any atom is -0.322 e. The molecule has 1 amide bonds. The van der Waals surface area contributed by atoms with Crippen LogP contribution in [0.4, 0.5) is 15.8 Å². The van der Waals surface area contributed by atoms with Gasteiger partial charge in [-0.25, -0.2) is 4.39 Å². The lowest BCUT2D eigenvalue weighted by Gasteiger charge is -2.10. The van der Waals surface area contributed by atoms with Crippen LogP contribution in [0.1, 0.15) is 26.3 Å². The predicted octanol–water partition coefficient (Wildman–Crippen LogP) is 4.87. The van der Waals surface area contributed by atoms with Crippen LogP contribution in [0.15, 0.2) is 66.7 Å². The van der Waals surface area contributed by atoms with Gasteiger partial charge in [-0.1, -0.05) is 29.8 Å². The minimum absolute atomic E-state index is 0.0260. The summed E-state index contributed by atoms with van der Waals surface area (Å²) in [7, 11) is 0. The summed E-state index contributed by atoms with van der Waals surface area (Å²) in [6.07, 6.45) is 0. The van der Waals surface area contributed by atoms with E-state index in [1.807, 2.05) is 0 Å². The van der Waals surface area contributed by atoms with Gasteiger partial charge in [-0.3, -0.25) is 19.7 Å². The van der Waals surface area contributed by atoms with Gasteiger partial charge in [0.2, 0.25) is 0 Å². The highest BCUT2D eigenvalue weighted by atomic mass is 35.5. The second-order valence-corrected chi connectivity index (χ2v) is 6.17. The molecule has 0 aromatic heterocycles. The van der Waals surface area contributed by atoms with Crippen LogP contribution in [-0.2, 0) is 0 Å². The van der Waals surface area contributed by atoms with Crippen LogP contribution in [0.2, 0.25) is 5.02 Å². The third-order valence-electron chi connectivity index (χ3n) is 3.92. The van der Waals surface area contributed by atoms with Crippen LogP contribution >= 0.6 is 11.6 Å². The zero-order chi connectivity index (χ0) is 20.3. The summed E-state index contributed by atoms with van der Waals surface area (Å²) < 4.78 is 13.0. The van der Waals surface area contributed by atoms with E-state index in [0.29, 0.717) is 5.69 Å². The number of nitrogens with one attached hydrogen (secondary N) is 1. The number of nitro benzene ring substituents is 1.